The Morgan fingerprint density at radius 3 is 2.58 bits per heavy atom. The van der Waals surface area contributed by atoms with Gasteiger partial charge in [0.2, 0.25) is 5.91 Å². The summed E-state index contributed by atoms with van der Waals surface area (Å²) >= 11 is 5.33. The van der Waals surface area contributed by atoms with Gasteiger partial charge in [-0.1, -0.05) is 18.2 Å². The van der Waals surface area contributed by atoms with Crippen LogP contribution in [0.25, 0.3) is 0 Å². The lowest BCUT2D eigenvalue weighted by Crippen LogP contribution is -2.31. The van der Waals surface area contributed by atoms with Crippen molar-refractivity contribution >= 4 is 33.6 Å². The van der Waals surface area contributed by atoms with Crippen LogP contribution in [0.5, 0.6) is 11.5 Å². The van der Waals surface area contributed by atoms with Crippen LogP contribution in [0, 0.1) is 6.92 Å². The zero-order valence-corrected chi connectivity index (χ0v) is 17.5. The second kappa shape index (κ2) is 8.35. The fourth-order valence-corrected chi connectivity index (χ4v) is 4.99. The van der Waals surface area contributed by atoms with Gasteiger partial charge in [-0.25, -0.2) is 0 Å². The van der Waals surface area contributed by atoms with Crippen LogP contribution in [0.3, 0.4) is 0 Å². The van der Waals surface area contributed by atoms with E-state index < -0.39 is 0 Å². The largest absolute Gasteiger partial charge is 0.496 e. The zero-order valence-electron chi connectivity index (χ0n) is 15.1. The molecule has 1 fully saturated rings. The molecule has 1 unspecified atom stereocenters. The topological polar surface area (TPSA) is 38.8 Å². The summed E-state index contributed by atoms with van der Waals surface area (Å²) in [4.78, 5) is 14.9. The van der Waals surface area contributed by atoms with Gasteiger partial charge in [0.15, 0.2) is 0 Å². The van der Waals surface area contributed by atoms with Crippen molar-refractivity contribution in [3.63, 3.8) is 0 Å². The molecule has 0 bridgehead atoms. The van der Waals surface area contributed by atoms with Crippen LogP contribution >= 0.6 is 27.7 Å². The number of ether oxygens (including phenoxy) is 2. The van der Waals surface area contributed by atoms with Gasteiger partial charge in [-0.2, -0.15) is 0 Å². The number of hydrogen-bond acceptors (Lipinski definition) is 4. The van der Waals surface area contributed by atoms with Crippen molar-refractivity contribution in [1.29, 1.82) is 0 Å². The third-order valence-corrected chi connectivity index (χ3v) is 6.37. The SMILES string of the molecule is COc1ccc(CC(=O)N2CCSC2c2ccc(OC)c(Br)c2)cc1C. The van der Waals surface area contributed by atoms with Gasteiger partial charge in [-0.15, -0.1) is 11.8 Å². The van der Waals surface area contributed by atoms with Gasteiger partial charge < -0.3 is 14.4 Å². The van der Waals surface area contributed by atoms with E-state index in [0.717, 1.165) is 45.0 Å². The molecule has 1 amide bonds. The highest BCUT2D eigenvalue weighted by Gasteiger charge is 2.30. The van der Waals surface area contributed by atoms with E-state index in [1.54, 1.807) is 26.0 Å². The molecule has 0 aliphatic carbocycles. The van der Waals surface area contributed by atoms with Crippen LogP contribution in [0.1, 0.15) is 22.1 Å². The first-order valence-corrected chi connectivity index (χ1v) is 10.3. The van der Waals surface area contributed by atoms with E-state index >= 15 is 0 Å². The minimum atomic E-state index is 0.0454. The number of aryl methyl sites for hydroxylation is 1. The molecular weight excluding hydrogens is 414 g/mol. The summed E-state index contributed by atoms with van der Waals surface area (Å²) in [5.74, 6) is 2.74. The minimum Gasteiger partial charge on any atom is -0.496 e. The summed E-state index contributed by atoms with van der Waals surface area (Å²) in [6.45, 7) is 2.77. The van der Waals surface area contributed by atoms with E-state index in [2.05, 4.69) is 15.9 Å². The molecule has 6 heteroatoms. The van der Waals surface area contributed by atoms with Crippen LogP contribution in [0.2, 0.25) is 0 Å². The number of carbonyl (C=O) groups is 1. The van der Waals surface area contributed by atoms with Gasteiger partial charge in [-0.3, -0.25) is 4.79 Å². The van der Waals surface area contributed by atoms with Gasteiger partial charge in [0.1, 0.15) is 16.9 Å². The molecule has 0 spiro atoms. The smallest absolute Gasteiger partial charge is 0.228 e. The van der Waals surface area contributed by atoms with Gasteiger partial charge in [0.05, 0.1) is 25.1 Å². The third-order valence-electron chi connectivity index (χ3n) is 4.49. The van der Waals surface area contributed by atoms with Crippen molar-refractivity contribution in [3.8, 4) is 11.5 Å². The maximum Gasteiger partial charge on any atom is 0.228 e. The maximum absolute atomic E-state index is 12.9. The lowest BCUT2D eigenvalue weighted by molar-refractivity contribution is -0.130. The zero-order chi connectivity index (χ0) is 18.7. The Hall–Kier alpha value is -1.66. The molecule has 0 radical (unpaired) electrons. The molecule has 2 aromatic rings. The van der Waals surface area contributed by atoms with Gasteiger partial charge in [-0.05, 0) is 57.7 Å². The summed E-state index contributed by atoms with van der Waals surface area (Å²) < 4.78 is 11.5. The number of hydrogen-bond donors (Lipinski definition) is 0. The molecule has 0 saturated carbocycles. The molecule has 1 heterocycles. The molecule has 138 valence electrons. The van der Waals surface area contributed by atoms with Gasteiger partial charge in [0.25, 0.3) is 0 Å². The molecule has 26 heavy (non-hydrogen) atoms. The number of amides is 1. The highest BCUT2D eigenvalue weighted by Crippen LogP contribution is 2.40. The predicted molar refractivity (Wildman–Crippen MR) is 109 cm³/mol. The summed E-state index contributed by atoms with van der Waals surface area (Å²) in [6.07, 6.45) is 0.402. The molecule has 1 atom stereocenters. The summed E-state index contributed by atoms with van der Waals surface area (Å²) in [5, 5.41) is 0.0454. The molecule has 0 N–H and O–H groups in total. The second-order valence-corrected chi connectivity index (χ2v) is 8.23. The summed E-state index contributed by atoms with van der Waals surface area (Å²) in [6, 6.07) is 11.9. The molecule has 1 saturated heterocycles. The molecule has 0 aromatic heterocycles. The van der Waals surface area contributed by atoms with E-state index in [1.165, 1.54) is 0 Å². The summed E-state index contributed by atoms with van der Waals surface area (Å²) in [5.41, 5.74) is 3.17. The molecular formula is C20H22BrNO3S. The lowest BCUT2D eigenvalue weighted by Gasteiger charge is -2.25. The number of carbonyl (C=O) groups excluding carboxylic acids is 1. The number of nitrogens with zero attached hydrogens (tertiary/aromatic N) is 1. The fraction of sp³-hybridized carbons (Fsp3) is 0.350. The van der Waals surface area contributed by atoms with Crippen LogP contribution in [0.4, 0.5) is 0 Å². The van der Waals surface area contributed by atoms with E-state index in [-0.39, 0.29) is 11.3 Å². The van der Waals surface area contributed by atoms with Gasteiger partial charge >= 0.3 is 0 Å². The first kappa shape index (κ1) is 19.1. The Balaban J connectivity index is 1.76. The highest BCUT2D eigenvalue weighted by molar-refractivity contribution is 9.10. The molecule has 4 nitrogen and oxygen atoms in total. The number of rotatable bonds is 5. The Labute approximate surface area is 167 Å². The van der Waals surface area contributed by atoms with Crippen LogP contribution in [-0.2, 0) is 11.2 Å². The fourth-order valence-electron chi connectivity index (χ4n) is 3.16. The van der Waals surface area contributed by atoms with E-state index in [4.69, 9.17) is 9.47 Å². The standard InChI is InChI=1S/C20H22BrNO3S/c1-13-10-14(4-6-17(13)24-2)11-19(23)22-8-9-26-20(22)15-5-7-18(25-3)16(21)12-15/h4-7,10,12,20H,8-9,11H2,1-3H3. The Morgan fingerprint density at radius 1 is 1.19 bits per heavy atom. The Bertz CT molecular complexity index is 812. The van der Waals surface area contributed by atoms with E-state index in [9.17, 15) is 4.79 Å². The van der Waals surface area contributed by atoms with Crippen molar-refractivity contribution in [2.45, 2.75) is 18.7 Å². The molecule has 3 rings (SSSR count). The molecule has 1 aliphatic rings. The number of thioether (sulfide) groups is 1. The quantitative estimate of drug-likeness (QED) is 0.687. The number of methoxy groups -OCH3 is 2. The van der Waals surface area contributed by atoms with E-state index in [1.807, 2.05) is 48.2 Å². The lowest BCUT2D eigenvalue weighted by atomic mass is 10.1. The molecule has 1 aliphatic heterocycles. The normalized spacial score (nSPS) is 16.6. The van der Waals surface area contributed by atoms with Crippen LogP contribution in [-0.4, -0.2) is 37.3 Å². The minimum absolute atomic E-state index is 0.0454. The van der Waals surface area contributed by atoms with Crippen molar-refractivity contribution < 1.29 is 14.3 Å². The first-order valence-electron chi connectivity index (χ1n) is 8.41. The Morgan fingerprint density at radius 2 is 1.92 bits per heavy atom. The van der Waals surface area contributed by atoms with Crippen LogP contribution < -0.4 is 9.47 Å². The van der Waals surface area contributed by atoms with Gasteiger partial charge in [0, 0.05) is 12.3 Å². The van der Waals surface area contributed by atoms with Crippen molar-refractivity contribution in [3.05, 3.63) is 57.6 Å². The average molecular weight is 436 g/mol. The second-order valence-electron chi connectivity index (χ2n) is 6.19. The highest BCUT2D eigenvalue weighted by atomic mass is 79.9. The predicted octanol–water partition coefficient (Wildman–Crippen LogP) is 4.59. The van der Waals surface area contributed by atoms with Crippen molar-refractivity contribution in [1.82, 2.24) is 4.90 Å². The third kappa shape index (κ3) is 4.01. The van der Waals surface area contributed by atoms with Crippen molar-refractivity contribution in [2.24, 2.45) is 0 Å². The van der Waals surface area contributed by atoms with Crippen molar-refractivity contribution in [2.75, 3.05) is 26.5 Å². The average Bonchev–Trinajstić information content (AvgIpc) is 3.11. The number of halogens is 1. The monoisotopic (exact) mass is 435 g/mol. The molecule has 2 aromatic carbocycles. The maximum atomic E-state index is 12.9. The Kier molecular flexibility index (Phi) is 6.14. The first-order chi connectivity index (χ1) is 12.5. The summed E-state index contributed by atoms with van der Waals surface area (Å²) in [7, 11) is 3.31. The van der Waals surface area contributed by atoms with Crippen LogP contribution in [0.15, 0.2) is 40.9 Å². The number of benzene rings is 2. The van der Waals surface area contributed by atoms with E-state index in [0.29, 0.717) is 6.42 Å².